The van der Waals surface area contributed by atoms with Gasteiger partial charge in [-0.2, -0.15) is 4.31 Å². The Morgan fingerprint density at radius 3 is 2.52 bits per heavy atom. The fraction of sp³-hybridized carbons (Fsp3) is 0.474. The van der Waals surface area contributed by atoms with Gasteiger partial charge in [0.1, 0.15) is 18.1 Å². The number of sulfonamides is 1. The Kier molecular flexibility index (Phi) is 6.54. The van der Waals surface area contributed by atoms with Crippen molar-refractivity contribution in [3.05, 3.63) is 47.9 Å². The molecule has 0 amide bonds. The molecule has 1 aliphatic rings. The van der Waals surface area contributed by atoms with Crippen molar-refractivity contribution in [3.63, 3.8) is 0 Å². The van der Waals surface area contributed by atoms with Crippen LogP contribution in [0.25, 0.3) is 0 Å². The number of piperazine rings is 1. The van der Waals surface area contributed by atoms with E-state index in [9.17, 15) is 8.42 Å². The number of nitrogens with zero attached hydrogens (tertiary/aromatic N) is 2. The van der Waals surface area contributed by atoms with E-state index < -0.39 is 10.0 Å². The molecule has 1 aliphatic heterocycles. The van der Waals surface area contributed by atoms with Crippen molar-refractivity contribution in [2.24, 2.45) is 0 Å². The summed E-state index contributed by atoms with van der Waals surface area (Å²) >= 11 is 0. The molecule has 7 nitrogen and oxygen atoms in total. The van der Waals surface area contributed by atoms with Gasteiger partial charge in [0.2, 0.25) is 10.0 Å². The number of rotatable bonds is 8. The molecule has 1 fully saturated rings. The summed E-state index contributed by atoms with van der Waals surface area (Å²) in [6, 6.07) is 8.79. The maximum absolute atomic E-state index is 13.0. The molecule has 2 aromatic rings. The summed E-state index contributed by atoms with van der Waals surface area (Å²) in [5.74, 6) is 1.57. The Morgan fingerprint density at radius 2 is 1.89 bits per heavy atom. The molecule has 0 aliphatic carbocycles. The average molecular weight is 394 g/mol. The summed E-state index contributed by atoms with van der Waals surface area (Å²) < 4.78 is 43.4. The third-order valence-corrected chi connectivity index (χ3v) is 6.51. The Hall–Kier alpha value is -1.87. The molecule has 0 unspecified atom stereocenters. The highest BCUT2D eigenvalue weighted by Crippen LogP contribution is 2.25. The van der Waals surface area contributed by atoms with E-state index >= 15 is 0 Å². The minimum atomic E-state index is -3.51. The van der Waals surface area contributed by atoms with Gasteiger partial charge in [-0.05, 0) is 42.8 Å². The quantitative estimate of drug-likeness (QED) is 0.639. The first-order valence-corrected chi connectivity index (χ1v) is 10.4. The van der Waals surface area contributed by atoms with Crippen LogP contribution in [-0.4, -0.2) is 64.1 Å². The Labute approximate surface area is 160 Å². The number of ether oxygens (including phenoxy) is 2. The van der Waals surface area contributed by atoms with Crippen molar-refractivity contribution < 1.29 is 22.3 Å². The molecule has 1 saturated heterocycles. The minimum Gasteiger partial charge on any atom is -0.491 e. The summed E-state index contributed by atoms with van der Waals surface area (Å²) in [4.78, 5) is 2.50. The summed E-state index contributed by atoms with van der Waals surface area (Å²) in [5, 5.41) is 0. The van der Waals surface area contributed by atoms with Crippen molar-refractivity contribution in [2.75, 3.05) is 46.5 Å². The van der Waals surface area contributed by atoms with Crippen LogP contribution in [0.1, 0.15) is 11.3 Å². The van der Waals surface area contributed by atoms with E-state index in [0.717, 1.165) is 11.3 Å². The molecule has 1 aromatic carbocycles. The zero-order valence-electron chi connectivity index (χ0n) is 15.8. The van der Waals surface area contributed by atoms with E-state index in [2.05, 4.69) is 4.90 Å². The van der Waals surface area contributed by atoms with Crippen molar-refractivity contribution in [2.45, 2.75) is 18.4 Å². The Balaban J connectivity index is 1.62. The predicted molar refractivity (Wildman–Crippen MR) is 101 cm³/mol. The second-order valence-electron chi connectivity index (χ2n) is 6.53. The van der Waals surface area contributed by atoms with Crippen LogP contribution in [0.2, 0.25) is 0 Å². The van der Waals surface area contributed by atoms with Gasteiger partial charge < -0.3 is 13.9 Å². The van der Waals surface area contributed by atoms with Crippen molar-refractivity contribution in [1.82, 2.24) is 9.21 Å². The normalized spacial score (nSPS) is 16.5. The molecule has 2 heterocycles. The average Bonchev–Trinajstić information content (AvgIpc) is 3.16. The van der Waals surface area contributed by atoms with Crippen LogP contribution in [0, 0.1) is 6.92 Å². The van der Waals surface area contributed by atoms with Crippen molar-refractivity contribution in [3.8, 4) is 5.75 Å². The van der Waals surface area contributed by atoms with Gasteiger partial charge in [0.25, 0.3) is 0 Å². The van der Waals surface area contributed by atoms with E-state index in [1.165, 1.54) is 0 Å². The minimum absolute atomic E-state index is 0.304. The summed E-state index contributed by atoms with van der Waals surface area (Å²) in [6.45, 7) is 5.76. The molecular weight excluding hydrogens is 368 g/mol. The number of hydrogen-bond donors (Lipinski definition) is 0. The van der Waals surface area contributed by atoms with Gasteiger partial charge in [-0.25, -0.2) is 8.42 Å². The molecule has 0 N–H and O–H groups in total. The fourth-order valence-corrected chi connectivity index (χ4v) is 4.59. The molecule has 0 saturated carbocycles. The van der Waals surface area contributed by atoms with E-state index in [4.69, 9.17) is 13.9 Å². The molecule has 3 rings (SSSR count). The second kappa shape index (κ2) is 8.88. The first-order valence-electron chi connectivity index (χ1n) is 8.98. The maximum atomic E-state index is 13.0. The van der Waals surface area contributed by atoms with Crippen LogP contribution in [0.3, 0.4) is 0 Å². The summed E-state index contributed by atoms with van der Waals surface area (Å²) in [6.07, 6.45) is 1.65. The molecule has 8 heteroatoms. The number of aryl methyl sites for hydroxylation is 1. The van der Waals surface area contributed by atoms with Gasteiger partial charge in [0.05, 0.1) is 24.3 Å². The number of hydrogen-bond acceptors (Lipinski definition) is 6. The molecule has 1 aromatic heterocycles. The highest BCUT2D eigenvalue weighted by atomic mass is 32.2. The van der Waals surface area contributed by atoms with Crippen molar-refractivity contribution in [1.29, 1.82) is 0 Å². The number of methoxy groups -OCH3 is 1. The Bertz CT molecular complexity index is 828. The highest BCUT2D eigenvalue weighted by molar-refractivity contribution is 7.89. The monoisotopic (exact) mass is 394 g/mol. The summed E-state index contributed by atoms with van der Waals surface area (Å²) in [5.41, 5.74) is 0.795. The number of benzene rings is 1. The van der Waals surface area contributed by atoms with E-state index in [-0.39, 0.29) is 0 Å². The van der Waals surface area contributed by atoms with E-state index in [1.807, 2.05) is 19.1 Å². The van der Waals surface area contributed by atoms with Crippen LogP contribution in [0.4, 0.5) is 0 Å². The smallest absolute Gasteiger partial charge is 0.243 e. The third kappa shape index (κ3) is 4.90. The lowest BCUT2D eigenvalue weighted by atomic mass is 10.2. The lowest BCUT2D eigenvalue weighted by molar-refractivity contribution is 0.146. The first kappa shape index (κ1) is 19.9. The van der Waals surface area contributed by atoms with Gasteiger partial charge in [0, 0.05) is 33.3 Å². The van der Waals surface area contributed by atoms with Gasteiger partial charge in [0.15, 0.2) is 0 Å². The molecule has 0 spiro atoms. The maximum Gasteiger partial charge on any atom is 0.243 e. The molecule has 27 heavy (non-hydrogen) atoms. The van der Waals surface area contributed by atoms with Gasteiger partial charge in [-0.15, -0.1) is 0 Å². The van der Waals surface area contributed by atoms with Crippen LogP contribution < -0.4 is 4.74 Å². The van der Waals surface area contributed by atoms with Gasteiger partial charge in [-0.1, -0.05) is 0 Å². The van der Waals surface area contributed by atoms with Crippen LogP contribution in [0.5, 0.6) is 5.75 Å². The van der Waals surface area contributed by atoms with E-state index in [1.54, 1.807) is 35.9 Å². The predicted octanol–water partition coefficient (Wildman–Crippen LogP) is 2.12. The Morgan fingerprint density at radius 1 is 1.11 bits per heavy atom. The number of furan rings is 1. The SMILES string of the molecule is COCCOc1ccc(S(=O)(=O)N2CCN(Cc3ccco3)CC2)cc1C. The first-order chi connectivity index (χ1) is 13.0. The molecular formula is C19H26N2O5S. The highest BCUT2D eigenvalue weighted by Gasteiger charge is 2.29. The van der Waals surface area contributed by atoms with Gasteiger partial charge >= 0.3 is 0 Å². The largest absolute Gasteiger partial charge is 0.491 e. The van der Waals surface area contributed by atoms with Crippen LogP contribution in [0.15, 0.2) is 45.9 Å². The van der Waals surface area contributed by atoms with Gasteiger partial charge in [-0.3, -0.25) is 4.90 Å². The summed E-state index contributed by atoms with van der Waals surface area (Å²) in [7, 11) is -1.90. The molecule has 0 bridgehead atoms. The fourth-order valence-electron chi connectivity index (χ4n) is 3.08. The third-order valence-electron chi connectivity index (χ3n) is 4.62. The zero-order chi connectivity index (χ0) is 19.3. The standard InChI is InChI=1S/C19H26N2O5S/c1-16-14-18(5-6-19(16)26-13-12-24-2)27(22,23)21-9-7-20(8-10-21)15-17-4-3-11-25-17/h3-6,11,14H,7-10,12-13,15H2,1-2H3. The topological polar surface area (TPSA) is 72.2 Å². The molecule has 0 radical (unpaired) electrons. The van der Waals surface area contributed by atoms with E-state index in [0.29, 0.717) is 56.6 Å². The van der Waals surface area contributed by atoms with Crippen LogP contribution >= 0.6 is 0 Å². The lowest BCUT2D eigenvalue weighted by Gasteiger charge is -2.33. The second-order valence-corrected chi connectivity index (χ2v) is 8.47. The van der Waals surface area contributed by atoms with Crippen molar-refractivity contribution >= 4 is 10.0 Å². The zero-order valence-corrected chi connectivity index (χ0v) is 16.6. The van der Waals surface area contributed by atoms with Crippen LogP contribution in [-0.2, 0) is 21.3 Å². The molecule has 0 atom stereocenters. The lowest BCUT2D eigenvalue weighted by Crippen LogP contribution is -2.48. The molecule has 148 valence electrons.